The van der Waals surface area contributed by atoms with E-state index in [1.165, 1.54) is 0 Å². The fourth-order valence-electron chi connectivity index (χ4n) is 3.80. The lowest BCUT2D eigenvalue weighted by Crippen LogP contribution is -2.41. The number of carbonyl (C=O) groups excluding carboxylic acids is 2. The van der Waals surface area contributed by atoms with Crippen LogP contribution in [-0.2, 0) is 11.3 Å². The Balaban J connectivity index is 2.10. The molecule has 0 bridgehead atoms. The second-order valence-corrected chi connectivity index (χ2v) is 8.64. The van der Waals surface area contributed by atoms with Crippen molar-refractivity contribution in [2.45, 2.75) is 44.7 Å². The maximum Gasteiger partial charge on any atom is 0.322 e. The molecule has 1 saturated carbocycles. The average Bonchev–Trinajstić information content (AvgIpc) is 2.77. The molecule has 3 rings (SSSR count). The SMILES string of the molecule is O=C(O)CNC(=O)c1c(O)c(C(=O)NC2CCCCC2)c(=O)n(Cc2ccccc2Br)c1O. The fraction of sp³-hybridized carbons (Fsp3) is 0.364. The predicted molar refractivity (Wildman–Crippen MR) is 122 cm³/mol. The zero-order valence-electron chi connectivity index (χ0n) is 17.6. The van der Waals surface area contributed by atoms with Crippen LogP contribution in [0.4, 0.5) is 0 Å². The molecule has 0 unspecified atom stereocenters. The number of halogens is 1. The fourth-order valence-corrected chi connectivity index (χ4v) is 4.21. The molecule has 5 N–H and O–H groups in total. The number of carboxylic acids is 1. The van der Waals surface area contributed by atoms with Gasteiger partial charge in [0.2, 0.25) is 5.88 Å². The smallest absolute Gasteiger partial charge is 0.322 e. The Morgan fingerprint density at radius 1 is 1.03 bits per heavy atom. The van der Waals surface area contributed by atoms with Gasteiger partial charge in [-0.25, -0.2) is 0 Å². The van der Waals surface area contributed by atoms with Crippen LogP contribution in [0.15, 0.2) is 33.5 Å². The summed E-state index contributed by atoms with van der Waals surface area (Å²) >= 11 is 3.35. The van der Waals surface area contributed by atoms with Gasteiger partial charge in [-0.1, -0.05) is 53.4 Å². The molecule has 1 aromatic carbocycles. The van der Waals surface area contributed by atoms with E-state index in [9.17, 15) is 29.4 Å². The normalized spacial score (nSPS) is 14.0. The molecule has 176 valence electrons. The van der Waals surface area contributed by atoms with Gasteiger partial charge < -0.3 is 26.0 Å². The monoisotopic (exact) mass is 521 g/mol. The first kappa shape index (κ1) is 24.3. The summed E-state index contributed by atoms with van der Waals surface area (Å²) in [6.07, 6.45) is 4.33. The second kappa shape index (κ2) is 10.5. The largest absolute Gasteiger partial charge is 0.506 e. The number of rotatable bonds is 7. The molecular formula is C22H24BrN3O7. The van der Waals surface area contributed by atoms with Crippen LogP contribution in [-0.4, -0.2) is 50.3 Å². The van der Waals surface area contributed by atoms with Gasteiger partial charge in [-0.05, 0) is 24.5 Å². The van der Waals surface area contributed by atoms with E-state index in [2.05, 4.69) is 21.2 Å². The molecule has 0 spiro atoms. The molecular weight excluding hydrogens is 498 g/mol. The third-order valence-electron chi connectivity index (χ3n) is 5.49. The predicted octanol–water partition coefficient (Wildman–Crippen LogP) is 1.95. The van der Waals surface area contributed by atoms with Crippen molar-refractivity contribution in [2.24, 2.45) is 0 Å². The molecule has 2 aromatic rings. The molecule has 1 aromatic heterocycles. The molecule has 11 heteroatoms. The Kier molecular flexibility index (Phi) is 7.75. The molecule has 0 saturated heterocycles. The van der Waals surface area contributed by atoms with Crippen LogP contribution in [0.5, 0.6) is 11.6 Å². The van der Waals surface area contributed by atoms with E-state index >= 15 is 0 Å². The molecule has 0 atom stereocenters. The van der Waals surface area contributed by atoms with E-state index < -0.39 is 52.6 Å². The van der Waals surface area contributed by atoms with Gasteiger partial charge in [-0.2, -0.15) is 0 Å². The van der Waals surface area contributed by atoms with Crippen LogP contribution < -0.4 is 16.2 Å². The highest BCUT2D eigenvalue weighted by atomic mass is 79.9. The molecule has 1 heterocycles. The van der Waals surface area contributed by atoms with E-state index in [1.54, 1.807) is 24.3 Å². The van der Waals surface area contributed by atoms with E-state index in [-0.39, 0.29) is 12.6 Å². The number of nitrogens with zero attached hydrogens (tertiary/aromatic N) is 1. The summed E-state index contributed by atoms with van der Waals surface area (Å²) in [6.45, 7) is -1.00. The van der Waals surface area contributed by atoms with Crippen molar-refractivity contribution in [3.8, 4) is 11.6 Å². The number of carboxylic acid groups (broad SMARTS) is 1. The molecule has 1 fully saturated rings. The lowest BCUT2D eigenvalue weighted by molar-refractivity contribution is -0.135. The van der Waals surface area contributed by atoms with Crippen molar-refractivity contribution in [3.63, 3.8) is 0 Å². The number of nitrogens with one attached hydrogen (secondary N) is 2. The van der Waals surface area contributed by atoms with Crippen molar-refractivity contribution in [2.75, 3.05) is 6.54 Å². The molecule has 33 heavy (non-hydrogen) atoms. The van der Waals surface area contributed by atoms with Gasteiger partial charge in [0.25, 0.3) is 17.4 Å². The first-order valence-corrected chi connectivity index (χ1v) is 11.2. The third kappa shape index (κ3) is 5.54. The summed E-state index contributed by atoms with van der Waals surface area (Å²) < 4.78 is 1.42. The summed E-state index contributed by atoms with van der Waals surface area (Å²) in [5.74, 6) is -5.24. The van der Waals surface area contributed by atoms with E-state index in [0.717, 1.165) is 36.7 Å². The van der Waals surface area contributed by atoms with Crippen molar-refractivity contribution >= 4 is 33.7 Å². The van der Waals surface area contributed by atoms with E-state index in [0.29, 0.717) is 10.0 Å². The average molecular weight is 522 g/mol. The maximum atomic E-state index is 13.2. The highest BCUT2D eigenvalue weighted by Crippen LogP contribution is 2.30. The summed E-state index contributed by atoms with van der Waals surface area (Å²) in [6, 6.07) is 6.67. The number of hydrogen-bond acceptors (Lipinski definition) is 6. The number of aliphatic carboxylic acids is 1. The second-order valence-electron chi connectivity index (χ2n) is 7.79. The van der Waals surface area contributed by atoms with Gasteiger partial charge in [0.05, 0.1) is 6.54 Å². The number of pyridine rings is 1. The molecule has 2 amide bonds. The van der Waals surface area contributed by atoms with Crippen molar-refractivity contribution < 1.29 is 29.7 Å². The summed E-state index contributed by atoms with van der Waals surface area (Å²) in [7, 11) is 0. The number of aromatic nitrogens is 1. The first-order chi connectivity index (χ1) is 15.7. The van der Waals surface area contributed by atoms with Gasteiger partial charge in [0, 0.05) is 10.5 Å². The van der Waals surface area contributed by atoms with E-state index in [4.69, 9.17) is 5.11 Å². The van der Waals surface area contributed by atoms with Crippen LogP contribution in [0.1, 0.15) is 58.4 Å². The third-order valence-corrected chi connectivity index (χ3v) is 6.27. The highest BCUT2D eigenvalue weighted by Gasteiger charge is 2.31. The molecule has 1 aliphatic rings. The van der Waals surface area contributed by atoms with Gasteiger partial charge in [0.15, 0.2) is 5.75 Å². The molecule has 0 aliphatic heterocycles. The number of aromatic hydroxyl groups is 2. The van der Waals surface area contributed by atoms with Crippen LogP contribution in [0.25, 0.3) is 0 Å². The Hall–Kier alpha value is -3.34. The Labute approximate surface area is 197 Å². The van der Waals surface area contributed by atoms with Gasteiger partial charge in [-0.3, -0.25) is 23.7 Å². The number of amides is 2. The molecule has 1 aliphatic carbocycles. The zero-order chi connectivity index (χ0) is 24.1. The van der Waals surface area contributed by atoms with Crippen molar-refractivity contribution in [3.05, 3.63) is 55.8 Å². The topological polar surface area (TPSA) is 158 Å². The van der Waals surface area contributed by atoms with Crippen LogP contribution in [0.2, 0.25) is 0 Å². The number of hydrogen-bond donors (Lipinski definition) is 5. The Morgan fingerprint density at radius 2 is 1.70 bits per heavy atom. The minimum atomic E-state index is -1.35. The van der Waals surface area contributed by atoms with Crippen LogP contribution in [0, 0.1) is 0 Å². The quantitative estimate of drug-likeness (QED) is 0.372. The lowest BCUT2D eigenvalue weighted by Gasteiger charge is -2.23. The van der Waals surface area contributed by atoms with Crippen LogP contribution >= 0.6 is 15.9 Å². The highest BCUT2D eigenvalue weighted by molar-refractivity contribution is 9.10. The van der Waals surface area contributed by atoms with Crippen molar-refractivity contribution in [1.82, 2.24) is 15.2 Å². The Morgan fingerprint density at radius 3 is 2.33 bits per heavy atom. The molecule has 0 radical (unpaired) electrons. The first-order valence-electron chi connectivity index (χ1n) is 10.4. The minimum absolute atomic E-state index is 0.181. The van der Waals surface area contributed by atoms with Crippen molar-refractivity contribution in [1.29, 1.82) is 0 Å². The summed E-state index contributed by atoms with van der Waals surface area (Å²) in [5, 5.41) is 35.0. The number of benzene rings is 1. The minimum Gasteiger partial charge on any atom is -0.506 e. The van der Waals surface area contributed by atoms with Gasteiger partial charge in [-0.15, -0.1) is 0 Å². The summed E-state index contributed by atoms with van der Waals surface area (Å²) in [4.78, 5) is 49.6. The Bertz CT molecular complexity index is 1140. The lowest BCUT2D eigenvalue weighted by atomic mass is 9.95. The van der Waals surface area contributed by atoms with E-state index in [1.807, 2.05) is 5.32 Å². The van der Waals surface area contributed by atoms with Gasteiger partial charge in [0.1, 0.15) is 17.7 Å². The zero-order valence-corrected chi connectivity index (χ0v) is 19.2. The number of carbonyl (C=O) groups is 3. The standard InChI is InChI=1S/C22H24BrN3O7/c23-14-9-5-4-6-12(14)11-26-21(32)16(19(30)24-10-15(27)28)18(29)17(22(26)33)20(31)25-13-7-2-1-3-8-13/h4-6,9,13,29,32H,1-3,7-8,10-11H2,(H,24,30)(H,25,31)(H,27,28). The molecule has 10 nitrogen and oxygen atoms in total. The van der Waals surface area contributed by atoms with Crippen LogP contribution in [0.3, 0.4) is 0 Å². The summed E-state index contributed by atoms with van der Waals surface area (Å²) in [5.41, 5.74) is -1.86. The maximum absolute atomic E-state index is 13.2. The van der Waals surface area contributed by atoms with Gasteiger partial charge >= 0.3 is 5.97 Å².